The Labute approximate surface area is 210 Å². The maximum Gasteiger partial charge on any atom is 0.238 e. The highest BCUT2D eigenvalue weighted by molar-refractivity contribution is 5.97. The molecule has 2 aromatic heterocycles. The van der Waals surface area contributed by atoms with Crippen molar-refractivity contribution in [3.05, 3.63) is 89.7 Å². The van der Waals surface area contributed by atoms with Crippen LogP contribution < -0.4 is 19.5 Å². The number of aryl methyl sites for hydroxylation is 2. The van der Waals surface area contributed by atoms with Gasteiger partial charge in [0.1, 0.15) is 18.9 Å². The molecule has 7 heteroatoms. The molecule has 1 N–H and O–H groups in total. The van der Waals surface area contributed by atoms with E-state index in [-0.39, 0.29) is 5.78 Å². The summed E-state index contributed by atoms with van der Waals surface area (Å²) in [6.07, 6.45) is 1.00. The van der Waals surface area contributed by atoms with E-state index in [2.05, 4.69) is 10.3 Å². The van der Waals surface area contributed by atoms with Crippen LogP contribution in [0.4, 0.5) is 11.4 Å². The average molecular weight is 482 g/mol. The van der Waals surface area contributed by atoms with Gasteiger partial charge >= 0.3 is 0 Å². The smallest absolute Gasteiger partial charge is 0.238 e. The fraction of sp³-hybridized carbons (Fsp3) is 0.207. The molecule has 0 amide bonds. The number of anilines is 2. The van der Waals surface area contributed by atoms with Gasteiger partial charge in [-0.2, -0.15) is 0 Å². The van der Waals surface area contributed by atoms with Crippen molar-refractivity contribution in [3.8, 4) is 28.6 Å². The number of ketones is 1. The zero-order valence-electron chi connectivity index (χ0n) is 20.3. The lowest BCUT2D eigenvalue weighted by Gasteiger charge is -2.21. The number of carbonyl (C=O) groups is 1. The van der Waals surface area contributed by atoms with Crippen LogP contribution >= 0.6 is 0 Å². The van der Waals surface area contributed by atoms with Crippen LogP contribution in [0.5, 0.6) is 17.4 Å². The summed E-state index contributed by atoms with van der Waals surface area (Å²) in [5.41, 5.74) is 5.54. The summed E-state index contributed by atoms with van der Waals surface area (Å²) in [5, 5.41) is 3.33. The molecule has 5 rings (SSSR count). The minimum absolute atomic E-state index is 0.0680. The molecule has 1 aliphatic heterocycles. The predicted octanol–water partition coefficient (Wildman–Crippen LogP) is 5.79. The second-order valence-corrected chi connectivity index (χ2v) is 8.48. The first-order chi connectivity index (χ1) is 17.6. The third-order valence-electron chi connectivity index (χ3n) is 5.91. The van der Waals surface area contributed by atoms with E-state index in [9.17, 15) is 4.79 Å². The van der Waals surface area contributed by atoms with Crippen molar-refractivity contribution in [2.75, 3.05) is 25.6 Å². The summed E-state index contributed by atoms with van der Waals surface area (Å²) in [5.74, 6) is 1.90. The molecule has 182 valence electrons. The zero-order chi connectivity index (χ0) is 24.9. The highest BCUT2D eigenvalue weighted by Crippen LogP contribution is 2.40. The van der Waals surface area contributed by atoms with E-state index in [0.717, 1.165) is 22.6 Å². The lowest BCUT2D eigenvalue weighted by atomic mass is 10.0. The van der Waals surface area contributed by atoms with Crippen molar-refractivity contribution in [3.63, 3.8) is 0 Å². The van der Waals surface area contributed by atoms with Crippen LogP contribution in [-0.2, 0) is 6.42 Å². The number of ether oxygens (including phenoxy) is 3. The highest BCUT2D eigenvalue weighted by Gasteiger charge is 2.19. The van der Waals surface area contributed by atoms with Gasteiger partial charge in [-0.3, -0.25) is 9.78 Å². The summed E-state index contributed by atoms with van der Waals surface area (Å²) in [4.78, 5) is 22.0. The molecule has 0 fully saturated rings. The molecule has 7 nitrogen and oxygen atoms in total. The molecule has 0 radical (unpaired) electrons. The number of pyridine rings is 2. The minimum Gasteiger partial charge on any atom is -0.486 e. The van der Waals surface area contributed by atoms with Crippen LogP contribution in [0, 0.1) is 6.92 Å². The molecule has 0 bridgehead atoms. The van der Waals surface area contributed by atoms with Crippen molar-refractivity contribution in [1.82, 2.24) is 9.97 Å². The Morgan fingerprint density at radius 3 is 2.67 bits per heavy atom. The van der Waals surface area contributed by atoms with Crippen molar-refractivity contribution < 1.29 is 19.0 Å². The van der Waals surface area contributed by atoms with Crippen LogP contribution in [0.15, 0.2) is 72.8 Å². The van der Waals surface area contributed by atoms with Gasteiger partial charge in [0.25, 0.3) is 0 Å². The summed E-state index contributed by atoms with van der Waals surface area (Å²) in [7, 11) is 1.58. The third-order valence-corrected chi connectivity index (χ3v) is 5.91. The van der Waals surface area contributed by atoms with Gasteiger partial charge in [0.15, 0.2) is 17.3 Å². The Morgan fingerprint density at radius 1 is 0.972 bits per heavy atom. The second kappa shape index (κ2) is 10.5. The van der Waals surface area contributed by atoms with Crippen molar-refractivity contribution >= 4 is 17.2 Å². The van der Waals surface area contributed by atoms with Gasteiger partial charge in [-0.15, -0.1) is 0 Å². The molecule has 2 aromatic carbocycles. The SMILES string of the molecule is COc1nc(-c2cccc3c2OCCO3)ccc1Nc1cccc(C(=O)CCc2cccc(C)n2)c1. The maximum atomic E-state index is 12.8. The zero-order valence-corrected chi connectivity index (χ0v) is 20.3. The third kappa shape index (κ3) is 5.15. The number of nitrogens with zero attached hydrogens (tertiary/aromatic N) is 2. The summed E-state index contributed by atoms with van der Waals surface area (Å²) in [6.45, 7) is 2.98. The molecule has 0 unspecified atom stereocenters. The van der Waals surface area contributed by atoms with E-state index >= 15 is 0 Å². The Kier molecular flexibility index (Phi) is 6.80. The fourth-order valence-corrected chi connectivity index (χ4v) is 4.17. The number of para-hydroxylation sites is 1. The summed E-state index contributed by atoms with van der Waals surface area (Å²) in [6, 6.07) is 22.9. The maximum absolute atomic E-state index is 12.8. The first kappa shape index (κ1) is 23.4. The van der Waals surface area contributed by atoms with Crippen LogP contribution in [0.25, 0.3) is 11.3 Å². The molecule has 0 saturated heterocycles. The number of methoxy groups -OCH3 is 1. The Morgan fingerprint density at radius 2 is 1.81 bits per heavy atom. The molecule has 3 heterocycles. The standard InChI is InChI=1S/C29H27N3O4/c1-19-6-3-8-21(30-19)12-15-26(33)20-7-4-9-22(18-20)31-25-14-13-24(32-29(25)34-2)23-10-5-11-27-28(23)36-17-16-35-27/h3-11,13-14,18,31H,12,15-17H2,1-2H3. The Hall–Kier alpha value is -4.39. The second-order valence-electron chi connectivity index (χ2n) is 8.48. The van der Waals surface area contributed by atoms with Gasteiger partial charge in [0.2, 0.25) is 5.88 Å². The monoisotopic (exact) mass is 481 g/mol. The Balaban J connectivity index is 1.33. The van der Waals surface area contributed by atoms with Crippen molar-refractivity contribution in [2.24, 2.45) is 0 Å². The van der Waals surface area contributed by atoms with Crippen LogP contribution in [0.2, 0.25) is 0 Å². The molecular formula is C29H27N3O4. The van der Waals surface area contributed by atoms with Gasteiger partial charge in [-0.25, -0.2) is 4.98 Å². The summed E-state index contributed by atoms with van der Waals surface area (Å²) >= 11 is 0. The number of hydrogen-bond acceptors (Lipinski definition) is 7. The van der Waals surface area contributed by atoms with Gasteiger partial charge in [0.05, 0.1) is 12.8 Å². The van der Waals surface area contributed by atoms with E-state index in [4.69, 9.17) is 19.2 Å². The Bertz CT molecular complexity index is 1400. The quantitative estimate of drug-likeness (QED) is 0.319. The predicted molar refractivity (Wildman–Crippen MR) is 139 cm³/mol. The first-order valence-electron chi connectivity index (χ1n) is 11.9. The highest BCUT2D eigenvalue weighted by atomic mass is 16.6. The lowest BCUT2D eigenvalue weighted by molar-refractivity contribution is 0.0982. The van der Waals surface area contributed by atoms with E-state index in [0.29, 0.717) is 60.4 Å². The van der Waals surface area contributed by atoms with Gasteiger partial charge < -0.3 is 19.5 Å². The molecule has 1 aliphatic rings. The van der Waals surface area contributed by atoms with Crippen LogP contribution in [-0.4, -0.2) is 36.1 Å². The average Bonchev–Trinajstić information content (AvgIpc) is 2.92. The molecule has 0 saturated carbocycles. The number of nitrogens with one attached hydrogen (secondary N) is 1. The van der Waals surface area contributed by atoms with E-state index in [1.165, 1.54) is 0 Å². The van der Waals surface area contributed by atoms with E-state index in [1.54, 1.807) is 7.11 Å². The number of hydrogen-bond donors (Lipinski definition) is 1. The molecule has 4 aromatic rings. The number of rotatable bonds is 8. The number of aromatic nitrogens is 2. The molecule has 0 aliphatic carbocycles. The molecular weight excluding hydrogens is 454 g/mol. The van der Waals surface area contributed by atoms with Gasteiger partial charge in [-0.05, 0) is 61.9 Å². The summed E-state index contributed by atoms with van der Waals surface area (Å²) < 4.78 is 17.1. The number of Topliss-reactive ketones (excluding diaryl/α,β-unsaturated/α-hetero) is 1. The topological polar surface area (TPSA) is 82.6 Å². The van der Waals surface area contributed by atoms with Gasteiger partial charge in [-0.1, -0.05) is 24.3 Å². The van der Waals surface area contributed by atoms with Crippen molar-refractivity contribution in [1.29, 1.82) is 0 Å². The van der Waals surface area contributed by atoms with Crippen LogP contribution in [0.3, 0.4) is 0 Å². The number of fused-ring (bicyclic) bond motifs is 1. The first-order valence-corrected chi connectivity index (χ1v) is 11.9. The van der Waals surface area contributed by atoms with Crippen LogP contribution in [0.1, 0.15) is 28.2 Å². The largest absolute Gasteiger partial charge is 0.486 e. The van der Waals surface area contributed by atoms with Crippen molar-refractivity contribution in [2.45, 2.75) is 19.8 Å². The number of benzene rings is 2. The number of carbonyl (C=O) groups excluding carboxylic acids is 1. The van der Waals surface area contributed by atoms with E-state index < -0.39 is 0 Å². The molecule has 0 atom stereocenters. The molecule has 0 spiro atoms. The van der Waals surface area contributed by atoms with Gasteiger partial charge in [0, 0.05) is 34.6 Å². The molecule has 36 heavy (non-hydrogen) atoms. The normalized spacial score (nSPS) is 12.2. The fourth-order valence-electron chi connectivity index (χ4n) is 4.17. The lowest BCUT2D eigenvalue weighted by Crippen LogP contribution is -2.16. The minimum atomic E-state index is 0.0680. The van der Waals surface area contributed by atoms with E-state index in [1.807, 2.05) is 79.7 Å².